The Labute approximate surface area is 99.1 Å². The standard InChI is InChI=1S/C13H14FN3/c14-11-3-4-12(17-9-5-7-15-8-9)10-2-1-6-16-13(10)11/h1-4,6,9,15,17H,5,7-8H2/t9-/m1/s1. The molecule has 2 heterocycles. The number of halogens is 1. The third-order valence-corrected chi connectivity index (χ3v) is 3.14. The summed E-state index contributed by atoms with van der Waals surface area (Å²) in [4.78, 5) is 4.09. The van der Waals surface area contributed by atoms with Gasteiger partial charge in [0.05, 0.1) is 0 Å². The number of nitrogens with zero attached hydrogens (tertiary/aromatic N) is 1. The predicted octanol–water partition coefficient (Wildman–Crippen LogP) is 2.15. The van der Waals surface area contributed by atoms with Crippen LogP contribution >= 0.6 is 0 Å². The van der Waals surface area contributed by atoms with Gasteiger partial charge in [0.1, 0.15) is 11.3 Å². The molecule has 0 aliphatic carbocycles. The molecule has 0 radical (unpaired) electrons. The number of hydrogen-bond donors (Lipinski definition) is 2. The molecule has 3 rings (SSSR count). The van der Waals surface area contributed by atoms with Crippen molar-refractivity contribution < 1.29 is 4.39 Å². The highest BCUT2D eigenvalue weighted by molar-refractivity contribution is 5.91. The molecule has 1 atom stereocenters. The monoisotopic (exact) mass is 231 g/mol. The van der Waals surface area contributed by atoms with E-state index in [1.807, 2.05) is 12.1 Å². The quantitative estimate of drug-likeness (QED) is 0.831. The van der Waals surface area contributed by atoms with Crippen molar-refractivity contribution in [3.63, 3.8) is 0 Å². The molecular formula is C13H14FN3. The van der Waals surface area contributed by atoms with E-state index in [4.69, 9.17) is 0 Å². The number of benzene rings is 1. The zero-order chi connectivity index (χ0) is 11.7. The van der Waals surface area contributed by atoms with Crippen LogP contribution in [0, 0.1) is 5.82 Å². The first-order chi connectivity index (χ1) is 8.34. The normalized spacial score (nSPS) is 19.7. The number of rotatable bonds is 2. The van der Waals surface area contributed by atoms with E-state index in [2.05, 4.69) is 15.6 Å². The maximum Gasteiger partial charge on any atom is 0.149 e. The smallest absolute Gasteiger partial charge is 0.149 e. The van der Waals surface area contributed by atoms with Crippen molar-refractivity contribution >= 4 is 16.6 Å². The molecule has 2 aromatic rings. The summed E-state index contributed by atoms with van der Waals surface area (Å²) in [6.07, 6.45) is 2.71. The van der Waals surface area contributed by atoms with E-state index in [0.717, 1.165) is 30.6 Å². The van der Waals surface area contributed by atoms with E-state index in [1.165, 1.54) is 6.07 Å². The molecule has 1 saturated heterocycles. The van der Waals surface area contributed by atoms with Crippen molar-refractivity contribution in [1.29, 1.82) is 0 Å². The molecule has 0 bridgehead atoms. The van der Waals surface area contributed by atoms with Crippen molar-refractivity contribution in [2.75, 3.05) is 18.4 Å². The number of aromatic nitrogens is 1. The average Bonchev–Trinajstić information content (AvgIpc) is 2.86. The van der Waals surface area contributed by atoms with Gasteiger partial charge in [0.2, 0.25) is 0 Å². The Morgan fingerprint density at radius 1 is 1.35 bits per heavy atom. The van der Waals surface area contributed by atoms with Crippen LogP contribution in [-0.4, -0.2) is 24.1 Å². The lowest BCUT2D eigenvalue weighted by molar-refractivity contribution is 0.637. The fourth-order valence-corrected chi connectivity index (χ4v) is 2.26. The molecular weight excluding hydrogens is 217 g/mol. The zero-order valence-corrected chi connectivity index (χ0v) is 9.41. The first-order valence-electron chi connectivity index (χ1n) is 5.85. The van der Waals surface area contributed by atoms with Gasteiger partial charge in [-0.3, -0.25) is 4.98 Å². The fraction of sp³-hybridized carbons (Fsp3) is 0.308. The summed E-state index contributed by atoms with van der Waals surface area (Å²) >= 11 is 0. The van der Waals surface area contributed by atoms with Crippen molar-refractivity contribution in [2.24, 2.45) is 0 Å². The highest BCUT2D eigenvalue weighted by atomic mass is 19.1. The second-order valence-corrected chi connectivity index (χ2v) is 4.33. The van der Waals surface area contributed by atoms with Gasteiger partial charge in [0.25, 0.3) is 0 Å². The van der Waals surface area contributed by atoms with Crippen LogP contribution in [0.2, 0.25) is 0 Å². The lowest BCUT2D eigenvalue weighted by Gasteiger charge is -2.14. The van der Waals surface area contributed by atoms with Gasteiger partial charge in [-0.1, -0.05) is 0 Å². The Balaban J connectivity index is 2.01. The van der Waals surface area contributed by atoms with Crippen LogP contribution < -0.4 is 10.6 Å². The first kappa shape index (κ1) is 10.5. The Kier molecular flexibility index (Phi) is 2.65. The topological polar surface area (TPSA) is 37.0 Å². The fourth-order valence-electron chi connectivity index (χ4n) is 2.26. The molecule has 1 aromatic heterocycles. The van der Waals surface area contributed by atoms with Gasteiger partial charge in [0, 0.05) is 29.9 Å². The van der Waals surface area contributed by atoms with E-state index < -0.39 is 0 Å². The predicted molar refractivity (Wildman–Crippen MR) is 66.6 cm³/mol. The summed E-state index contributed by atoms with van der Waals surface area (Å²) < 4.78 is 13.6. The van der Waals surface area contributed by atoms with Gasteiger partial charge in [-0.2, -0.15) is 0 Å². The number of pyridine rings is 1. The van der Waals surface area contributed by atoms with Crippen molar-refractivity contribution in [3.05, 3.63) is 36.3 Å². The van der Waals surface area contributed by atoms with Gasteiger partial charge in [-0.05, 0) is 37.2 Å². The van der Waals surface area contributed by atoms with Crippen LogP contribution in [0.4, 0.5) is 10.1 Å². The second-order valence-electron chi connectivity index (χ2n) is 4.33. The molecule has 1 aliphatic heterocycles. The molecule has 17 heavy (non-hydrogen) atoms. The molecule has 4 heteroatoms. The zero-order valence-electron chi connectivity index (χ0n) is 9.41. The summed E-state index contributed by atoms with van der Waals surface area (Å²) in [5.74, 6) is -0.268. The lowest BCUT2D eigenvalue weighted by atomic mass is 10.1. The molecule has 0 amide bonds. The minimum atomic E-state index is -0.268. The molecule has 1 aliphatic rings. The molecule has 1 fully saturated rings. The van der Waals surface area contributed by atoms with Crippen LogP contribution in [0.15, 0.2) is 30.5 Å². The third kappa shape index (κ3) is 1.96. The maximum absolute atomic E-state index is 13.6. The van der Waals surface area contributed by atoms with Crippen molar-refractivity contribution in [1.82, 2.24) is 10.3 Å². The van der Waals surface area contributed by atoms with E-state index in [1.54, 1.807) is 12.3 Å². The molecule has 0 saturated carbocycles. The summed E-state index contributed by atoms with van der Waals surface area (Å²) in [6, 6.07) is 7.41. The average molecular weight is 231 g/mol. The lowest BCUT2D eigenvalue weighted by Crippen LogP contribution is -2.22. The maximum atomic E-state index is 13.6. The highest BCUT2D eigenvalue weighted by Crippen LogP contribution is 2.25. The van der Waals surface area contributed by atoms with Crippen LogP contribution in [0.5, 0.6) is 0 Å². The number of nitrogens with one attached hydrogen (secondary N) is 2. The Morgan fingerprint density at radius 2 is 2.29 bits per heavy atom. The largest absolute Gasteiger partial charge is 0.380 e. The molecule has 1 aromatic carbocycles. The summed E-state index contributed by atoms with van der Waals surface area (Å²) in [6.45, 7) is 1.99. The number of anilines is 1. The molecule has 88 valence electrons. The van der Waals surface area contributed by atoms with Crippen molar-refractivity contribution in [3.8, 4) is 0 Å². The van der Waals surface area contributed by atoms with E-state index in [-0.39, 0.29) is 5.82 Å². The van der Waals surface area contributed by atoms with Gasteiger partial charge in [-0.25, -0.2) is 4.39 Å². The summed E-state index contributed by atoms with van der Waals surface area (Å²) in [7, 11) is 0. The first-order valence-corrected chi connectivity index (χ1v) is 5.85. The van der Waals surface area contributed by atoms with Crippen LogP contribution in [0.25, 0.3) is 10.9 Å². The summed E-state index contributed by atoms with van der Waals surface area (Å²) in [5.41, 5.74) is 1.40. The Hall–Kier alpha value is -1.68. The van der Waals surface area contributed by atoms with Crippen LogP contribution in [0.3, 0.4) is 0 Å². The van der Waals surface area contributed by atoms with Crippen LogP contribution in [0.1, 0.15) is 6.42 Å². The third-order valence-electron chi connectivity index (χ3n) is 3.14. The molecule has 0 spiro atoms. The van der Waals surface area contributed by atoms with E-state index >= 15 is 0 Å². The molecule has 0 unspecified atom stereocenters. The van der Waals surface area contributed by atoms with Crippen LogP contribution in [-0.2, 0) is 0 Å². The molecule has 3 nitrogen and oxygen atoms in total. The van der Waals surface area contributed by atoms with E-state index in [0.29, 0.717) is 11.6 Å². The Morgan fingerprint density at radius 3 is 3.12 bits per heavy atom. The van der Waals surface area contributed by atoms with Crippen molar-refractivity contribution in [2.45, 2.75) is 12.5 Å². The number of hydrogen-bond acceptors (Lipinski definition) is 3. The summed E-state index contributed by atoms with van der Waals surface area (Å²) in [5, 5.41) is 7.59. The highest BCUT2D eigenvalue weighted by Gasteiger charge is 2.15. The van der Waals surface area contributed by atoms with E-state index in [9.17, 15) is 4.39 Å². The van der Waals surface area contributed by atoms with Gasteiger partial charge in [-0.15, -0.1) is 0 Å². The number of fused-ring (bicyclic) bond motifs is 1. The van der Waals surface area contributed by atoms with Gasteiger partial charge < -0.3 is 10.6 Å². The second kappa shape index (κ2) is 4.30. The SMILES string of the molecule is Fc1ccc(N[C@@H]2CCNC2)c2cccnc12. The van der Waals surface area contributed by atoms with Gasteiger partial charge in [0.15, 0.2) is 0 Å². The minimum absolute atomic E-state index is 0.268. The van der Waals surface area contributed by atoms with Gasteiger partial charge >= 0.3 is 0 Å². The Bertz CT molecular complexity index is 535. The minimum Gasteiger partial charge on any atom is -0.380 e. The molecule has 2 N–H and O–H groups in total.